The van der Waals surface area contributed by atoms with E-state index in [1.165, 1.54) is 5.56 Å². The lowest BCUT2D eigenvalue weighted by atomic mass is 10.1. The van der Waals surface area contributed by atoms with Crippen molar-refractivity contribution in [1.82, 2.24) is 15.5 Å². The van der Waals surface area contributed by atoms with Crippen LogP contribution in [0.4, 0.5) is 0 Å². The summed E-state index contributed by atoms with van der Waals surface area (Å²) in [5, 5.41) is 6.25. The van der Waals surface area contributed by atoms with Crippen molar-refractivity contribution < 1.29 is 14.3 Å². The van der Waals surface area contributed by atoms with Crippen molar-refractivity contribution in [2.75, 3.05) is 53.0 Å². The summed E-state index contributed by atoms with van der Waals surface area (Å²) in [6, 6.07) is 10.2. The van der Waals surface area contributed by atoms with Crippen molar-refractivity contribution in [1.29, 1.82) is 0 Å². The van der Waals surface area contributed by atoms with Gasteiger partial charge in [0.1, 0.15) is 6.54 Å². The van der Waals surface area contributed by atoms with Crippen molar-refractivity contribution >= 4 is 11.9 Å². The zero-order chi connectivity index (χ0) is 20.7. The molecule has 1 aromatic carbocycles. The molecule has 0 aliphatic carbocycles. The molecule has 1 aliphatic rings. The maximum Gasteiger partial charge on any atom is 0.241 e. The molecule has 29 heavy (non-hydrogen) atoms. The highest BCUT2D eigenvalue weighted by molar-refractivity contribution is 5.85. The number of carbonyl (C=O) groups is 1. The lowest BCUT2D eigenvalue weighted by molar-refractivity contribution is -0.119. The first-order chi connectivity index (χ1) is 14.2. The number of likely N-dealkylation sites (tertiary alicyclic amines) is 1. The molecule has 0 atom stereocenters. The SMILES string of the molecule is CCNC(=NCC(=O)NCCc1ccccc1)N1CCC(OCCCOC)CC1. The number of nitrogens with one attached hydrogen (secondary N) is 2. The third kappa shape index (κ3) is 9.28. The molecule has 1 aliphatic heterocycles. The normalized spacial score (nSPS) is 15.4. The molecule has 1 saturated heterocycles. The van der Waals surface area contributed by atoms with Crippen molar-refractivity contribution in [3.8, 4) is 0 Å². The van der Waals surface area contributed by atoms with Crippen LogP contribution in [0.3, 0.4) is 0 Å². The highest BCUT2D eigenvalue weighted by atomic mass is 16.5. The number of hydrogen-bond donors (Lipinski definition) is 2. The van der Waals surface area contributed by atoms with Crippen LogP contribution < -0.4 is 10.6 Å². The van der Waals surface area contributed by atoms with Gasteiger partial charge in [-0.25, -0.2) is 4.99 Å². The zero-order valence-electron chi connectivity index (χ0n) is 17.9. The summed E-state index contributed by atoms with van der Waals surface area (Å²) in [7, 11) is 1.71. The van der Waals surface area contributed by atoms with Gasteiger partial charge in [0.2, 0.25) is 5.91 Å². The van der Waals surface area contributed by atoms with Gasteiger partial charge in [-0.2, -0.15) is 0 Å². The van der Waals surface area contributed by atoms with E-state index in [1.54, 1.807) is 7.11 Å². The van der Waals surface area contributed by atoms with Crippen LogP contribution in [0.1, 0.15) is 31.7 Å². The maximum atomic E-state index is 12.2. The highest BCUT2D eigenvalue weighted by Crippen LogP contribution is 2.14. The second kappa shape index (κ2) is 14.0. The fourth-order valence-corrected chi connectivity index (χ4v) is 3.31. The molecule has 0 bridgehead atoms. The Morgan fingerprint density at radius 3 is 2.62 bits per heavy atom. The predicted molar refractivity (Wildman–Crippen MR) is 116 cm³/mol. The number of rotatable bonds is 11. The third-order valence-corrected chi connectivity index (χ3v) is 4.87. The molecule has 0 unspecified atom stereocenters. The van der Waals surface area contributed by atoms with Gasteiger partial charge in [0, 0.05) is 46.5 Å². The number of ether oxygens (including phenoxy) is 2. The summed E-state index contributed by atoms with van der Waals surface area (Å²) in [6.07, 6.45) is 4.00. The topological polar surface area (TPSA) is 75.2 Å². The van der Waals surface area contributed by atoms with E-state index in [0.717, 1.165) is 64.5 Å². The van der Waals surface area contributed by atoms with E-state index in [-0.39, 0.29) is 12.5 Å². The number of aliphatic imine (C=N–C) groups is 1. The molecule has 7 nitrogen and oxygen atoms in total. The first-order valence-corrected chi connectivity index (χ1v) is 10.7. The number of hydrogen-bond acceptors (Lipinski definition) is 4. The molecule has 0 radical (unpaired) electrons. The summed E-state index contributed by atoms with van der Waals surface area (Å²) in [5.41, 5.74) is 1.22. The number of guanidine groups is 1. The van der Waals surface area contributed by atoms with Gasteiger partial charge in [-0.15, -0.1) is 0 Å². The van der Waals surface area contributed by atoms with E-state index in [4.69, 9.17) is 9.47 Å². The van der Waals surface area contributed by atoms with Gasteiger partial charge < -0.3 is 25.0 Å². The second-order valence-electron chi connectivity index (χ2n) is 7.16. The molecule has 0 aromatic heterocycles. The Kier molecular flexibility index (Phi) is 11.1. The third-order valence-electron chi connectivity index (χ3n) is 4.87. The summed E-state index contributed by atoms with van der Waals surface area (Å²) in [4.78, 5) is 18.9. The molecule has 7 heteroatoms. The summed E-state index contributed by atoms with van der Waals surface area (Å²) in [6.45, 7) is 6.85. The van der Waals surface area contributed by atoms with E-state index in [1.807, 2.05) is 25.1 Å². The fourth-order valence-electron chi connectivity index (χ4n) is 3.31. The largest absolute Gasteiger partial charge is 0.385 e. The van der Waals surface area contributed by atoms with Crippen LogP contribution in [-0.2, 0) is 20.7 Å². The average molecular weight is 405 g/mol. The molecule has 0 spiro atoms. The lowest BCUT2D eigenvalue weighted by Crippen LogP contribution is -2.47. The summed E-state index contributed by atoms with van der Waals surface area (Å²) >= 11 is 0. The minimum atomic E-state index is -0.0484. The van der Waals surface area contributed by atoms with Crippen LogP contribution in [0.15, 0.2) is 35.3 Å². The molecule has 1 aromatic rings. The lowest BCUT2D eigenvalue weighted by Gasteiger charge is -2.34. The maximum absolute atomic E-state index is 12.2. The molecular weight excluding hydrogens is 368 g/mol. The summed E-state index contributed by atoms with van der Waals surface area (Å²) in [5.74, 6) is 0.760. The second-order valence-corrected chi connectivity index (χ2v) is 7.16. The van der Waals surface area contributed by atoms with Crippen LogP contribution in [0.25, 0.3) is 0 Å². The molecular formula is C22H36N4O3. The van der Waals surface area contributed by atoms with Crippen molar-refractivity contribution in [2.24, 2.45) is 4.99 Å². The standard InChI is InChI=1S/C22H36N4O3/c1-3-23-22(26-14-11-20(12-15-26)29-17-7-16-28-2)25-18-21(27)24-13-10-19-8-5-4-6-9-19/h4-6,8-9,20H,3,7,10-18H2,1-2H3,(H,23,25)(H,24,27). The number of benzene rings is 1. The molecule has 1 heterocycles. The fraction of sp³-hybridized carbons (Fsp3) is 0.636. The van der Waals surface area contributed by atoms with Crippen LogP contribution in [0, 0.1) is 0 Å². The van der Waals surface area contributed by atoms with Gasteiger partial charge in [0.15, 0.2) is 5.96 Å². The van der Waals surface area contributed by atoms with Gasteiger partial charge in [-0.05, 0) is 38.2 Å². The van der Waals surface area contributed by atoms with E-state index >= 15 is 0 Å². The molecule has 1 fully saturated rings. The van der Waals surface area contributed by atoms with Gasteiger partial charge in [0.25, 0.3) is 0 Å². The van der Waals surface area contributed by atoms with E-state index in [0.29, 0.717) is 12.6 Å². The monoisotopic (exact) mass is 404 g/mol. The zero-order valence-corrected chi connectivity index (χ0v) is 17.9. The van der Waals surface area contributed by atoms with Crippen molar-refractivity contribution in [2.45, 2.75) is 38.7 Å². The smallest absolute Gasteiger partial charge is 0.241 e. The number of piperidine rings is 1. The first kappa shape index (κ1) is 23.2. The van der Waals surface area contributed by atoms with E-state index in [2.05, 4.69) is 32.7 Å². The van der Waals surface area contributed by atoms with Crippen molar-refractivity contribution in [3.05, 3.63) is 35.9 Å². The highest BCUT2D eigenvalue weighted by Gasteiger charge is 2.22. The number of amides is 1. The minimum absolute atomic E-state index is 0.0484. The molecule has 2 rings (SSSR count). The van der Waals surface area contributed by atoms with Gasteiger partial charge in [0.05, 0.1) is 6.10 Å². The van der Waals surface area contributed by atoms with Crippen LogP contribution in [0.5, 0.6) is 0 Å². The number of methoxy groups -OCH3 is 1. The molecule has 1 amide bonds. The Morgan fingerprint density at radius 1 is 1.17 bits per heavy atom. The minimum Gasteiger partial charge on any atom is -0.385 e. The molecule has 162 valence electrons. The first-order valence-electron chi connectivity index (χ1n) is 10.7. The van der Waals surface area contributed by atoms with Gasteiger partial charge in [-0.1, -0.05) is 30.3 Å². The molecule has 0 saturated carbocycles. The Hall–Kier alpha value is -2.12. The summed E-state index contributed by atoms with van der Waals surface area (Å²) < 4.78 is 11.0. The molecule has 2 N–H and O–H groups in total. The van der Waals surface area contributed by atoms with E-state index < -0.39 is 0 Å². The average Bonchev–Trinajstić information content (AvgIpc) is 2.75. The van der Waals surface area contributed by atoms with Crippen molar-refractivity contribution in [3.63, 3.8) is 0 Å². The van der Waals surface area contributed by atoms with Gasteiger partial charge in [-0.3, -0.25) is 4.79 Å². The van der Waals surface area contributed by atoms with Crippen LogP contribution in [0.2, 0.25) is 0 Å². The van der Waals surface area contributed by atoms with E-state index in [9.17, 15) is 4.79 Å². The Morgan fingerprint density at radius 2 is 1.93 bits per heavy atom. The Bertz CT molecular complexity index is 601. The van der Waals surface area contributed by atoms with Crippen LogP contribution in [-0.4, -0.2) is 75.9 Å². The van der Waals surface area contributed by atoms with Gasteiger partial charge >= 0.3 is 0 Å². The van der Waals surface area contributed by atoms with Crippen LogP contribution >= 0.6 is 0 Å². The Labute approximate surface area is 174 Å². The predicted octanol–water partition coefficient (Wildman–Crippen LogP) is 1.83. The number of carbonyl (C=O) groups excluding carboxylic acids is 1. The Balaban J connectivity index is 1.71. The quantitative estimate of drug-likeness (QED) is 0.334. The number of nitrogens with zero attached hydrogens (tertiary/aromatic N) is 2.